The van der Waals surface area contributed by atoms with Gasteiger partial charge >= 0.3 is 6.09 Å². The largest absolute Gasteiger partial charge is 0.487 e. The second kappa shape index (κ2) is 43.8. The normalized spacial score (nSPS) is 11.6. The summed E-state index contributed by atoms with van der Waals surface area (Å²) >= 11 is 0. The molecule has 374 valence electrons. The Balaban J connectivity index is 1.89. The molecule has 1 N–H and O–H groups in total. The Morgan fingerprint density at radius 1 is 0.469 bits per heavy atom. The molecule has 1 aromatic rings. The second-order valence-electron chi connectivity index (χ2n) is 14.0. The number of carbonyl (C=O) groups excluding carboxylic acids is 1. The first-order chi connectivity index (χ1) is 31.2. The molecule has 0 fully saturated rings. The topological polar surface area (TPSA) is 229 Å². The van der Waals surface area contributed by atoms with E-state index in [0.29, 0.717) is 177 Å². The minimum Gasteiger partial charge on any atom is -0.487 e. The number of rotatable bonds is 48. The number of nitrogens with one attached hydrogen (secondary N) is 1. The van der Waals surface area contributed by atoms with Crippen molar-refractivity contribution in [2.75, 3.05) is 205 Å². The number of nitro groups is 1. The number of benzene rings is 1. The predicted molar refractivity (Wildman–Crippen MR) is 231 cm³/mol. The van der Waals surface area contributed by atoms with Gasteiger partial charge in [0.2, 0.25) is 0 Å². The third-order valence-corrected chi connectivity index (χ3v) is 7.55. The molecule has 0 aliphatic heterocycles. The molecule has 0 atom stereocenters. The lowest BCUT2D eigenvalue weighted by molar-refractivity contribution is -0.385. The maximum atomic E-state index is 11.5. The summed E-state index contributed by atoms with van der Waals surface area (Å²) in [6.45, 7) is 17.8. The highest BCUT2D eigenvalue weighted by Gasteiger charge is 2.16. The first kappa shape index (κ1) is 58.9. The quantitative estimate of drug-likeness (QED) is 0.0563. The maximum absolute atomic E-state index is 11.5. The number of hydrogen-bond donors (Lipinski definition) is 1. The zero-order chi connectivity index (χ0) is 46.4. The van der Waals surface area contributed by atoms with Gasteiger partial charge in [0.05, 0.1) is 189 Å². The molecule has 0 radical (unpaired) electrons. The van der Waals surface area contributed by atoms with E-state index in [2.05, 4.69) is 5.32 Å². The maximum Gasteiger partial charge on any atom is 0.407 e. The third-order valence-electron chi connectivity index (χ3n) is 7.55. The minimum absolute atomic E-state index is 0.116. The van der Waals surface area contributed by atoms with Crippen molar-refractivity contribution in [1.82, 2.24) is 5.32 Å². The molecule has 0 unspecified atom stereocenters. The Morgan fingerprint density at radius 3 is 1.08 bits per heavy atom. The van der Waals surface area contributed by atoms with Crippen molar-refractivity contribution < 1.29 is 90.2 Å². The number of hydrogen-bond acceptors (Lipinski definition) is 20. The van der Waals surface area contributed by atoms with Crippen molar-refractivity contribution in [1.29, 1.82) is 0 Å². The Kier molecular flexibility index (Phi) is 40.3. The van der Waals surface area contributed by atoms with Crippen molar-refractivity contribution in [2.24, 2.45) is 0 Å². The predicted octanol–water partition coefficient (Wildman–Crippen LogP) is 2.74. The van der Waals surface area contributed by atoms with E-state index >= 15 is 0 Å². The van der Waals surface area contributed by atoms with Crippen molar-refractivity contribution in [3.05, 3.63) is 28.3 Å². The molecular formula is C42H76N2O20. The highest BCUT2D eigenvalue weighted by molar-refractivity contribution is 5.67. The summed E-state index contributed by atoms with van der Waals surface area (Å²) in [6.07, 6.45) is -0.465. The van der Waals surface area contributed by atoms with E-state index in [1.165, 1.54) is 18.2 Å². The number of carbonyl (C=O) groups is 1. The van der Waals surface area contributed by atoms with Crippen molar-refractivity contribution >= 4 is 11.8 Å². The SMILES string of the molecule is COCCOCCOCCOCCOCCOCCOc1cc([N+](=O)[O-])ccc1OCCOCCOCCOCCOCCOCCOCCOCCOCCNC(=O)OC(C)(C)C. The van der Waals surface area contributed by atoms with Gasteiger partial charge in [0.15, 0.2) is 11.5 Å². The van der Waals surface area contributed by atoms with Crippen LogP contribution < -0.4 is 14.8 Å². The van der Waals surface area contributed by atoms with Crippen LogP contribution in [0.15, 0.2) is 18.2 Å². The molecule has 1 amide bonds. The molecule has 22 heteroatoms. The highest BCUT2D eigenvalue weighted by Crippen LogP contribution is 2.31. The number of nitro benzene ring substituents is 1. The zero-order valence-electron chi connectivity index (χ0n) is 38.6. The molecule has 0 saturated carbocycles. The molecule has 1 rings (SSSR count). The lowest BCUT2D eigenvalue weighted by Crippen LogP contribution is -2.34. The van der Waals surface area contributed by atoms with Crippen LogP contribution >= 0.6 is 0 Å². The van der Waals surface area contributed by atoms with Gasteiger partial charge in [-0.05, 0) is 26.8 Å². The number of non-ortho nitro benzene ring substituents is 1. The van der Waals surface area contributed by atoms with E-state index in [1.807, 2.05) is 20.8 Å². The van der Waals surface area contributed by atoms with E-state index in [-0.39, 0.29) is 37.9 Å². The summed E-state index contributed by atoms with van der Waals surface area (Å²) in [7, 11) is 1.63. The van der Waals surface area contributed by atoms with E-state index in [0.717, 1.165) is 0 Å². The lowest BCUT2D eigenvalue weighted by Gasteiger charge is -2.19. The van der Waals surface area contributed by atoms with E-state index in [9.17, 15) is 14.9 Å². The molecule has 0 saturated heterocycles. The summed E-state index contributed by atoms with van der Waals surface area (Å²) in [4.78, 5) is 22.3. The Bertz CT molecular complexity index is 1210. The number of nitrogens with zero attached hydrogens (tertiary/aromatic N) is 1. The van der Waals surface area contributed by atoms with Crippen molar-refractivity contribution in [2.45, 2.75) is 26.4 Å². The van der Waals surface area contributed by atoms with Crippen LogP contribution in [-0.4, -0.2) is 222 Å². The van der Waals surface area contributed by atoms with E-state index in [1.54, 1.807) is 7.11 Å². The molecule has 0 heterocycles. The smallest absolute Gasteiger partial charge is 0.407 e. The summed E-state index contributed by atoms with van der Waals surface area (Å²) in [5.41, 5.74) is -0.644. The Hall–Kier alpha value is -3.07. The Labute approximate surface area is 378 Å². The highest BCUT2D eigenvalue weighted by atomic mass is 16.6. The summed E-state index contributed by atoms with van der Waals surface area (Å²) in [6, 6.07) is 4.16. The molecule has 0 spiro atoms. The molecule has 0 bridgehead atoms. The molecular weight excluding hydrogens is 852 g/mol. The van der Waals surface area contributed by atoms with Crippen LogP contribution in [0, 0.1) is 10.1 Å². The average molecular weight is 929 g/mol. The second-order valence-corrected chi connectivity index (χ2v) is 14.0. The Morgan fingerprint density at radius 2 is 0.766 bits per heavy atom. The zero-order valence-corrected chi connectivity index (χ0v) is 38.6. The molecule has 64 heavy (non-hydrogen) atoms. The van der Waals surface area contributed by atoms with Gasteiger partial charge in [0.25, 0.3) is 5.69 Å². The van der Waals surface area contributed by atoms with Crippen LogP contribution in [-0.2, 0) is 71.1 Å². The fourth-order valence-corrected chi connectivity index (χ4v) is 4.57. The number of alkyl carbamates (subject to hydrolysis) is 1. The van der Waals surface area contributed by atoms with Gasteiger partial charge in [-0.1, -0.05) is 0 Å². The summed E-state index contributed by atoms with van der Waals surface area (Å²) < 4.78 is 92.6. The molecule has 0 aliphatic rings. The summed E-state index contributed by atoms with van der Waals surface area (Å²) in [5, 5.41) is 13.9. The third kappa shape index (κ3) is 40.4. The average Bonchev–Trinajstić information content (AvgIpc) is 3.26. The van der Waals surface area contributed by atoms with Gasteiger partial charge in [-0.3, -0.25) is 10.1 Å². The monoisotopic (exact) mass is 928 g/mol. The lowest BCUT2D eigenvalue weighted by atomic mass is 10.2. The number of amides is 1. The number of ether oxygens (including phenoxy) is 17. The van der Waals surface area contributed by atoms with Gasteiger partial charge < -0.3 is 85.8 Å². The molecule has 0 aromatic heterocycles. The fraction of sp³-hybridized carbons (Fsp3) is 0.833. The van der Waals surface area contributed by atoms with Crippen LogP contribution in [0.3, 0.4) is 0 Å². The van der Waals surface area contributed by atoms with Crippen LogP contribution in [0.4, 0.5) is 10.5 Å². The van der Waals surface area contributed by atoms with Crippen LogP contribution in [0.1, 0.15) is 20.8 Å². The van der Waals surface area contributed by atoms with Crippen molar-refractivity contribution in [3.8, 4) is 11.5 Å². The van der Waals surface area contributed by atoms with Crippen LogP contribution in [0.2, 0.25) is 0 Å². The fourth-order valence-electron chi connectivity index (χ4n) is 4.57. The van der Waals surface area contributed by atoms with Gasteiger partial charge in [0.1, 0.15) is 18.8 Å². The first-order valence-corrected chi connectivity index (χ1v) is 21.7. The van der Waals surface area contributed by atoms with Crippen LogP contribution in [0.25, 0.3) is 0 Å². The van der Waals surface area contributed by atoms with Gasteiger partial charge in [-0.2, -0.15) is 0 Å². The van der Waals surface area contributed by atoms with Gasteiger partial charge in [-0.25, -0.2) is 4.79 Å². The standard InChI is InChI=1S/C42H76N2O20/c1-42(2,3)64-41(45)43-7-8-49-11-12-51-15-16-53-19-20-55-21-22-56-23-24-57-25-27-58-29-31-60-33-35-62-39-6-5-38(44(46)47)37-40(39)63-36-34-61-32-30-59-28-26-54-18-17-52-14-13-50-10-9-48-4/h5-6,37H,7-36H2,1-4H3,(H,43,45). The molecule has 22 nitrogen and oxygen atoms in total. The van der Waals surface area contributed by atoms with Gasteiger partial charge in [0, 0.05) is 19.7 Å². The molecule has 1 aromatic carbocycles. The molecule has 0 aliphatic carbocycles. The minimum atomic E-state index is -0.527. The number of methoxy groups -OCH3 is 1. The van der Waals surface area contributed by atoms with Crippen molar-refractivity contribution in [3.63, 3.8) is 0 Å². The van der Waals surface area contributed by atoms with Gasteiger partial charge in [-0.15, -0.1) is 0 Å². The van der Waals surface area contributed by atoms with Crippen LogP contribution in [0.5, 0.6) is 11.5 Å². The summed E-state index contributed by atoms with van der Waals surface area (Å²) in [5.74, 6) is 0.593. The first-order valence-electron chi connectivity index (χ1n) is 21.7. The van der Waals surface area contributed by atoms with E-state index in [4.69, 9.17) is 80.5 Å². The van der Waals surface area contributed by atoms with E-state index < -0.39 is 16.6 Å².